The molecule has 6 rings (SSSR count). The largest absolute Gasteiger partial charge is 0.372 e. The minimum Gasteiger partial charge on any atom is -0.372 e. The van der Waals surface area contributed by atoms with E-state index in [9.17, 15) is 14.4 Å². The van der Waals surface area contributed by atoms with E-state index in [1.54, 1.807) is 6.20 Å². The number of morpholine rings is 1. The number of anilines is 1. The number of carbonyl (C=O) groups excluding carboxylic acids is 3. The Labute approximate surface area is 197 Å². The van der Waals surface area contributed by atoms with Gasteiger partial charge in [0.1, 0.15) is 5.82 Å². The highest BCUT2D eigenvalue weighted by atomic mass is 32.1. The van der Waals surface area contributed by atoms with Crippen LogP contribution in [-0.2, 0) is 20.7 Å². The summed E-state index contributed by atoms with van der Waals surface area (Å²) < 4.78 is 6.02. The number of hydrogen-bond acceptors (Lipinski definition) is 10. The topological polar surface area (TPSA) is 155 Å². The first-order valence-corrected chi connectivity index (χ1v) is 11.6. The van der Waals surface area contributed by atoms with Crippen molar-refractivity contribution in [3.8, 4) is 21.1 Å². The smallest absolute Gasteiger partial charge is 0.328 e. The highest BCUT2D eigenvalue weighted by Gasteiger charge is 2.63. The van der Waals surface area contributed by atoms with E-state index in [-0.39, 0.29) is 12.5 Å². The number of imide groups is 2. The average molecular weight is 481 g/mol. The summed E-state index contributed by atoms with van der Waals surface area (Å²) in [5.74, 6) is -0.0186. The predicted octanol–water partition coefficient (Wildman–Crippen LogP) is 0.881. The number of rotatable bonds is 2. The van der Waals surface area contributed by atoms with E-state index < -0.39 is 35.4 Å². The number of nitrogens with one attached hydrogen (secondary N) is 3. The van der Waals surface area contributed by atoms with Gasteiger partial charge >= 0.3 is 6.03 Å². The third kappa shape index (κ3) is 2.97. The summed E-state index contributed by atoms with van der Waals surface area (Å²) in [5.41, 5.74) is 0.0739. The zero-order chi connectivity index (χ0) is 23.6. The van der Waals surface area contributed by atoms with E-state index in [0.717, 1.165) is 20.9 Å². The van der Waals surface area contributed by atoms with Crippen molar-refractivity contribution in [1.29, 1.82) is 0 Å². The molecule has 3 atom stereocenters. The van der Waals surface area contributed by atoms with Gasteiger partial charge in [-0.25, -0.2) is 9.78 Å². The number of fused-ring (bicyclic) bond motifs is 4. The number of H-pyrrole nitrogens is 1. The number of barbiturate groups is 1. The minimum absolute atomic E-state index is 0.0977. The van der Waals surface area contributed by atoms with Crippen molar-refractivity contribution in [3.63, 3.8) is 0 Å². The molecule has 3 aromatic heterocycles. The van der Waals surface area contributed by atoms with Gasteiger partial charge in [0, 0.05) is 29.6 Å². The number of pyridine rings is 1. The lowest BCUT2D eigenvalue weighted by molar-refractivity contribution is -0.153. The molecule has 0 saturated carbocycles. The highest BCUT2D eigenvalue weighted by Crippen LogP contribution is 2.47. The molecule has 12 nitrogen and oxygen atoms in total. The number of carbonyl (C=O) groups is 3. The van der Waals surface area contributed by atoms with E-state index in [1.807, 2.05) is 36.9 Å². The van der Waals surface area contributed by atoms with Crippen LogP contribution in [0.4, 0.5) is 10.6 Å². The van der Waals surface area contributed by atoms with Crippen LogP contribution >= 0.6 is 11.3 Å². The summed E-state index contributed by atoms with van der Waals surface area (Å²) >= 11 is 1.48. The lowest BCUT2D eigenvalue weighted by Crippen LogP contribution is -2.75. The van der Waals surface area contributed by atoms with Gasteiger partial charge in [0.25, 0.3) is 0 Å². The highest BCUT2D eigenvalue weighted by molar-refractivity contribution is 7.18. The maximum atomic E-state index is 13.3. The predicted molar refractivity (Wildman–Crippen MR) is 120 cm³/mol. The molecule has 0 radical (unpaired) electrons. The molecule has 0 bridgehead atoms. The second-order valence-electron chi connectivity index (χ2n) is 8.74. The second-order valence-corrected chi connectivity index (χ2v) is 9.82. The number of hydrogen-bond donors (Lipinski definition) is 3. The van der Waals surface area contributed by atoms with Gasteiger partial charge < -0.3 is 9.64 Å². The number of nitrogens with zero attached hydrogens (tertiary/aromatic N) is 5. The van der Waals surface area contributed by atoms with Gasteiger partial charge in [0.2, 0.25) is 17.6 Å². The number of urea groups is 1. The Morgan fingerprint density at radius 2 is 1.91 bits per heavy atom. The molecular formula is C21H20N8O4S. The van der Waals surface area contributed by atoms with Crippen LogP contribution in [0.2, 0.25) is 0 Å². The third-order valence-corrected chi connectivity index (χ3v) is 7.72. The van der Waals surface area contributed by atoms with E-state index in [1.165, 1.54) is 11.3 Å². The summed E-state index contributed by atoms with van der Waals surface area (Å²) in [7, 11) is 0. The van der Waals surface area contributed by atoms with E-state index in [0.29, 0.717) is 18.2 Å². The van der Waals surface area contributed by atoms with Gasteiger partial charge in [-0.2, -0.15) is 5.21 Å². The molecule has 0 aliphatic carbocycles. The van der Waals surface area contributed by atoms with Gasteiger partial charge in [-0.05, 0) is 42.8 Å². The van der Waals surface area contributed by atoms with Gasteiger partial charge in [-0.3, -0.25) is 20.2 Å². The molecule has 34 heavy (non-hydrogen) atoms. The van der Waals surface area contributed by atoms with E-state index >= 15 is 0 Å². The molecule has 1 spiro atoms. The van der Waals surface area contributed by atoms with Crippen molar-refractivity contribution in [1.82, 2.24) is 36.2 Å². The van der Waals surface area contributed by atoms with Crippen LogP contribution < -0.4 is 15.5 Å². The fraction of sp³-hybridized carbons (Fsp3) is 0.381. The van der Waals surface area contributed by atoms with Crippen LogP contribution in [0, 0.1) is 5.41 Å². The Kier molecular flexibility index (Phi) is 4.54. The van der Waals surface area contributed by atoms with Gasteiger partial charge in [-0.15, -0.1) is 21.5 Å². The summed E-state index contributed by atoms with van der Waals surface area (Å²) in [6, 6.07) is 4.39. The van der Waals surface area contributed by atoms with Crippen LogP contribution in [0.1, 0.15) is 19.4 Å². The number of thiophene rings is 1. The summed E-state index contributed by atoms with van der Waals surface area (Å²) in [4.78, 5) is 46.9. The fourth-order valence-corrected chi connectivity index (χ4v) is 6.23. The first-order chi connectivity index (χ1) is 16.4. The fourth-order valence-electron chi connectivity index (χ4n) is 5.32. The van der Waals surface area contributed by atoms with E-state index in [4.69, 9.17) is 9.72 Å². The van der Waals surface area contributed by atoms with Crippen molar-refractivity contribution in [2.24, 2.45) is 5.41 Å². The van der Waals surface area contributed by atoms with Gasteiger partial charge in [-0.1, -0.05) is 0 Å². The van der Waals surface area contributed by atoms with Crippen molar-refractivity contribution in [2.75, 3.05) is 11.4 Å². The Hall–Kier alpha value is -3.71. The molecule has 3 N–H and O–H groups in total. The summed E-state index contributed by atoms with van der Waals surface area (Å²) in [6.45, 7) is 4.25. The Balaban J connectivity index is 1.46. The van der Waals surface area contributed by atoms with E-state index in [2.05, 4.69) is 31.3 Å². The van der Waals surface area contributed by atoms with Gasteiger partial charge in [0.15, 0.2) is 5.41 Å². The minimum atomic E-state index is -1.52. The lowest BCUT2D eigenvalue weighted by atomic mass is 9.67. The van der Waals surface area contributed by atoms with Crippen LogP contribution in [0.5, 0.6) is 0 Å². The molecule has 2 fully saturated rings. The van der Waals surface area contributed by atoms with Gasteiger partial charge in [0.05, 0.1) is 23.1 Å². The van der Waals surface area contributed by atoms with Crippen LogP contribution in [0.15, 0.2) is 24.4 Å². The zero-order valence-corrected chi connectivity index (χ0v) is 19.0. The Morgan fingerprint density at radius 3 is 2.65 bits per heavy atom. The first kappa shape index (κ1) is 20.9. The molecule has 3 aliphatic rings. The van der Waals surface area contributed by atoms with Crippen molar-refractivity contribution >= 4 is 35.0 Å². The first-order valence-electron chi connectivity index (χ1n) is 10.8. The molecule has 3 aliphatic heterocycles. The standard InChI is InChI=1S/C21H20N8O4S/c1-9-8-29-15(10(2)33-9)21(18(30)23-20(32)24-19(21)31)6-11-5-12(7-22-17(11)29)13-3-4-14(34-13)16-25-27-28-26-16/h3-5,7,9-10,15H,6,8H2,1-2H3,(H,25,26,27,28)(H2,23,24,30,31,32)/t9-,10+,15-/m1/s1. The molecular weight excluding hydrogens is 460 g/mol. The molecule has 2 saturated heterocycles. The van der Waals surface area contributed by atoms with Crippen molar-refractivity contribution < 1.29 is 19.1 Å². The lowest BCUT2D eigenvalue weighted by Gasteiger charge is -2.54. The molecule has 4 amide bonds. The van der Waals surface area contributed by atoms with Crippen molar-refractivity contribution in [2.45, 2.75) is 38.5 Å². The SMILES string of the molecule is C[C@@H]1CN2c3ncc(-c4ccc(-c5nn[nH]n5)s4)cc3CC3(C(=O)NC(=O)NC3=O)[C@H]2[C@H](C)O1. The number of amides is 4. The Morgan fingerprint density at radius 1 is 1.15 bits per heavy atom. The van der Waals surface area contributed by atoms with Crippen LogP contribution in [0.25, 0.3) is 21.1 Å². The molecule has 0 unspecified atom stereocenters. The third-order valence-electron chi connectivity index (χ3n) is 6.59. The maximum absolute atomic E-state index is 13.3. The van der Waals surface area contributed by atoms with Crippen LogP contribution in [0.3, 0.4) is 0 Å². The quantitative estimate of drug-likeness (QED) is 0.453. The molecule has 174 valence electrons. The average Bonchev–Trinajstić information content (AvgIpc) is 3.48. The summed E-state index contributed by atoms with van der Waals surface area (Å²) in [6.07, 6.45) is 1.33. The number of aromatic amines is 1. The second kappa shape index (κ2) is 7.40. The molecule has 6 heterocycles. The maximum Gasteiger partial charge on any atom is 0.328 e. The van der Waals surface area contributed by atoms with Crippen molar-refractivity contribution in [3.05, 3.63) is 30.0 Å². The number of ether oxygens (including phenoxy) is 1. The van der Waals surface area contributed by atoms with Crippen LogP contribution in [-0.4, -0.2) is 68.2 Å². The molecule has 13 heteroatoms. The number of aromatic nitrogens is 5. The number of tetrazole rings is 1. The monoisotopic (exact) mass is 480 g/mol. The normalized spacial score (nSPS) is 25.5. The zero-order valence-electron chi connectivity index (χ0n) is 18.2. The molecule has 3 aromatic rings. The molecule has 0 aromatic carbocycles. The Bertz CT molecular complexity index is 1300. The summed E-state index contributed by atoms with van der Waals surface area (Å²) in [5, 5.41) is 18.7.